The van der Waals surface area contributed by atoms with Crippen molar-refractivity contribution in [1.29, 1.82) is 0 Å². The Kier molecular flexibility index (Phi) is 6.11. The molecule has 0 amide bonds. The van der Waals surface area contributed by atoms with Gasteiger partial charge in [0.1, 0.15) is 0 Å². The molecule has 104 valence electrons. The van der Waals surface area contributed by atoms with Gasteiger partial charge in [0.25, 0.3) is 5.69 Å². The van der Waals surface area contributed by atoms with E-state index >= 15 is 0 Å². The number of non-ortho nitro benzene ring substituents is 1. The van der Waals surface area contributed by atoms with Gasteiger partial charge < -0.3 is 5.11 Å². The van der Waals surface area contributed by atoms with Crippen molar-refractivity contribution in [3.63, 3.8) is 0 Å². The number of Topliss-reactive ketones (excluding diaryl/α,β-unsaturated/α-hetero) is 1. The molecular formula is C13H18N2O4. The van der Waals surface area contributed by atoms with Crippen LogP contribution in [0.15, 0.2) is 24.3 Å². The summed E-state index contributed by atoms with van der Waals surface area (Å²) in [6.07, 6.45) is 0.877. The molecule has 0 aliphatic heterocycles. The lowest BCUT2D eigenvalue weighted by molar-refractivity contribution is -0.384. The molecule has 0 aliphatic rings. The smallest absolute Gasteiger partial charge is 0.270 e. The van der Waals surface area contributed by atoms with E-state index in [1.807, 2.05) is 11.8 Å². The molecule has 6 nitrogen and oxygen atoms in total. The molecule has 19 heavy (non-hydrogen) atoms. The number of hydrogen-bond acceptors (Lipinski definition) is 5. The molecule has 0 atom stereocenters. The van der Waals surface area contributed by atoms with Crippen molar-refractivity contribution < 1.29 is 14.8 Å². The van der Waals surface area contributed by atoms with Gasteiger partial charge in [0, 0.05) is 24.2 Å². The average Bonchev–Trinajstić information content (AvgIpc) is 2.39. The second-order valence-electron chi connectivity index (χ2n) is 4.23. The number of aliphatic hydroxyl groups is 1. The summed E-state index contributed by atoms with van der Waals surface area (Å²) in [5.74, 6) is -0.175. The Hall–Kier alpha value is -1.79. The van der Waals surface area contributed by atoms with Crippen molar-refractivity contribution in [2.24, 2.45) is 0 Å². The first-order valence-corrected chi connectivity index (χ1v) is 6.19. The van der Waals surface area contributed by atoms with Crippen molar-refractivity contribution in [3.05, 3.63) is 39.9 Å². The van der Waals surface area contributed by atoms with Crippen molar-refractivity contribution in [1.82, 2.24) is 4.90 Å². The summed E-state index contributed by atoms with van der Waals surface area (Å²) in [7, 11) is 0. The van der Waals surface area contributed by atoms with Gasteiger partial charge >= 0.3 is 0 Å². The third-order valence-electron chi connectivity index (χ3n) is 2.70. The van der Waals surface area contributed by atoms with Crippen LogP contribution in [0.5, 0.6) is 0 Å². The number of hydrogen-bond donors (Lipinski definition) is 1. The maximum absolute atomic E-state index is 12.0. The summed E-state index contributed by atoms with van der Waals surface area (Å²) in [5.41, 5.74) is 0.239. The molecule has 1 aromatic carbocycles. The molecule has 0 heterocycles. The van der Waals surface area contributed by atoms with Crippen LogP contribution in [0.2, 0.25) is 0 Å². The number of nitro benzene ring substituents is 1. The van der Waals surface area contributed by atoms with E-state index in [4.69, 9.17) is 5.11 Å². The molecule has 0 aliphatic carbocycles. The topological polar surface area (TPSA) is 83.7 Å². The van der Waals surface area contributed by atoms with Gasteiger partial charge in [0.05, 0.1) is 18.1 Å². The van der Waals surface area contributed by atoms with Gasteiger partial charge in [-0.15, -0.1) is 0 Å². The standard InChI is InChI=1S/C13H18N2O4/c1-2-6-14(7-8-16)10-13(17)11-4-3-5-12(9-11)15(18)19/h3-5,9,16H,2,6-8,10H2,1H3. The summed E-state index contributed by atoms with van der Waals surface area (Å²) in [6, 6.07) is 5.71. The molecule has 0 saturated carbocycles. The number of carbonyl (C=O) groups is 1. The summed E-state index contributed by atoms with van der Waals surface area (Å²) >= 11 is 0. The minimum absolute atomic E-state index is 0.0117. The van der Waals surface area contributed by atoms with E-state index in [2.05, 4.69) is 0 Å². The number of rotatable bonds is 8. The number of aliphatic hydroxyl groups excluding tert-OH is 1. The number of nitrogens with zero attached hydrogens (tertiary/aromatic N) is 2. The van der Waals surface area contributed by atoms with Gasteiger partial charge in [-0.3, -0.25) is 19.8 Å². The predicted molar refractivity (Wildman–Crippen MR) is 71.2 cm³/mol. The zero-order chi connectivity index (χ0) is 14.3. The van der Waals surface area contributed by atoms with Gasteiger partial charge in [0.2, 0.25) is 0 Å². The van der Waals surface area contributed by atoms with Crippen LogP contribution < -0.4 is 0 Å². The Morgan fingerprint density at radius 2 is 2.16 bits per heavy atom. The normalized spacial score (nSPS) is 10.7. The van der Waals surface area contributed by atoms with E-state index in [9.17, 15) is 14.9 Å². The van der Waals surface area contributed by atoms with Crippen molar-refractivity contribution >= 4 is 11.5 Å². The lowest BCUT2D eigenvalue weighted by atomic mass is 10.1. The first-order valence-electron chi connectivity index (χ1n) is 6.19. The van der Waals surface area contributed by atoms with Gasteiger partial charge in [-0.25, -0.2) is 0 Å². The Labute approximate surface area is 111 Å². The molecule has 0 unspecified atom stereocenters. The van der Waals surface area contributed by atoms with Crippen LogP contribution >= 0.6 is 0 Å². The summed E-state index contributed by atoms with van der Waals surface area (Å²) < 4.78 is 0. The Balaban J connectivity index is 2.76. The molecule has 0 saturated heterocycles. The molecule has 0 spiro atoms. The molecule has 0 fully saturated rings. The van der Waals surface area contributed by atoms with E-state index in [1.165, 1.54) is 18.2 Å². The molecule has 1 rings (SSSR count). The molecule has 6 heteroatoms. The molecule has 1 aromatic rings. The van der Waals surface area contributed by atoms with Gasteiger partial charge in [-0.2, -0.15) is 0 Å². The number of ketones is 1. The van der Waals surface area contributed by atoms with Crippen LogP contribution in [-0.4, -0.2) is 47.0 Å². The fourth-order valence-electron chi connectivity index (χ4n) is 1.81. The highest BCUT2D eigenvalue weighted by molar-refractivity contribution is 5.98. The Morgan fingerprint density at radius 1 is 1.42 bits per heavy atom. The molecule has 1 N–H and O–H groups in total. The first kappa shape index (κ1) is 15.3. The van der Waals surface area contributed by atoms with E-state index in [0.29, 0.717) is 18.7 Å². The monoisotopic (exact) mass is 266 g/mol. The first-order chi connectivity index (χ1) is 9.08. The van der Waals surface area contributed by atoms with Crippen molar-refractivity contribution in [3.8, 4) is 0 Å². The van der Waals surface area contributed by atoms with Crippen molar-refractivity contribution in [2.45, 2.75) is 13.3 Å². The SMILES string of the molecule is CCCN(CCO)CC(=O)c1cccc([N+](=O)[O-])c1. The second-order valence-corrected chi connectivity index (χ2v) is 4.23. The summed E-state index contributed by atoms with van der Waals surface area (Å²) in [6.45, 7) is 3.27. The fraction of sp³-hybridized carbons (Fsp3) is 0.462. The van der Waals surface area contributed by atoms with Crippen LogP contribution in [0, 0.1) is 10.1 Å². The van der Waals surface area contributed by atoms with Crippen LogP contribution in [0.1, 0.15) is 23.7 Å². The van der Waals surface area contributed by atoms with E-state index in [0.717, 1.165) is 6.42 Å². The molecule has 0 aromatic heterocycles. The Bertz CT molecular complexity index is 442. The highest BCUT2D eigenvalue weighted by atomic mass is 16.6. The third kappa shape index (κ3) is 4.76. The number of nitro groups is 1. The zero-order valence-corrected chi connectivity index (χ0v) is 10.9. The van der Waals surface area contributed by atoms with Crippen LogP contribution in [0.25, 0.3) is 0 Å². The fourth-order valence-corrected chi connectivity index (χ4v) is 1.81. The quantitative estimate of drug-likeness (QED) is 0.438. The highest BCUT2D eigenvalue weighted by Gasteiger charge is 2.14. The minimum Gasteiger partial charge on any atom is -0.395 e. The predicted octanol–water partition coefficient (Wildman–Crippen LogP) is 1.48. The average molecular weight is 266 g/mol. The lowest BCUT2D eigenvalue weighted by Gasteiger charge is -2.19. The lowest BCUT2D eigenvalue weighted by Crippen LogP contribution is -2.33. The Morgan fingerprint density at radius 3 is 2.74 bits per heavy atom. The van der Waals surface area contributed by atoms with E-state index in [1.54, 1.807) is 6.07 Å². The van der Waals surface area contributed by atoms with Gasteiger partial charge in [0.15, 0.2) is 5.78 Å². The highest BCUT2D eigenvalue weighted by Crippen LogP contribution is 2.14. The second kappa shape index (κ2) is 7.60. The van der Waals surface area contributed by atoms with Crippen molar-refractivity contribution in [2.75, 3.05) is 26.2 Å². The third-order valence-corrected chi connectivity index (χ3v) is 2.70. The van der Waals surface area contributed by atoms with Gasteiger partial charge in [-0.1, -0.05) is 19.1 Å². The van der Waals surface area contributed by atoms with Gasteiger partial charge in [-0.05, 0) is 13.0 Å². The minimum atomic E-state index is -0.520. The largest absolute Gasteiger partial charge is 0.395 e. The molecule has 0 bridgehead atoms. The zero-order valence-electron chi connectivity index (χ0n) is 10.9. The van der Waals surface area contributed by atoms with Crippen LogP contribution in [0.4, 0.5) is 5.69 Å². The summed E-state index contributed by atoms with van der Waals surface area (Å²) in [4.78, 5) is 24.0. The number of carbonyl (C=O) groups excluding carboxylic acids is 1. The van der Waals surface area contributed by atoms with Crippen LogP contribution in [-0.2, 0) is 0 Å². The van der Waals surface area contributed by atoms with Crippen LogP contribution in [0.3, 0.4) is 0 Å². The maximum Gasteiger partial charge on any atom is 0.270 e. The molecular weight excluding hydrogens is 248 g/mol. The molecule has 0 radical (unpaired) electrons. The van der Waals surface area contributed by atoms with E-state index < -0.39 is 4.92 Å². The summed E-state index contributed by atoms with van der Waals surface area (Å²) in [5, 5.41) is 19.6. The van der Waals surface area contributed by atoms with E-state index in [-0.39, 0.29) is 24.6 Å². The maximum atomic E-state index is 12.0. The number of benzene rings is 1.